The van der Waals surface area contributed by atoms with Gasteiger partial charge in [0.1, 0.15) is 29.0 Å². The number of benzene rings is 2. The van der Waals surface area contributed by atoms with Crippen molar-refractivity contribution in [1.82, 2.24) is 9.91 Å². The van der Waals surface area contributed by atoms with Gasteiger partial charge in [0.25, 0.3) is 5.78 Å². The van der Waals surface area contributed by atoms with Crippen LogP contribution in [0.15, 0.2) is 46.2 Å². The molecule has 17 heteroatoms. The Morgan fingerprint density at radius 2 is 1.67 bits per heavy atom. The van der Waals surface area contributed by atoms with E-state index in [1.54, 1.807) is 50.9 Å². The summed E-state index contributed by atoms with van der Waals surface area (Å²) in [5.74, 6) is -7.18. The molecular weight excluding hydrogens is 807 g/mol. The molecule has 0 aromatic heterocycles. The summed E-state index contributed by atoms with van der Waals surface area (Å²) in [6.45, 7) is 15.8. The van der Waals surface area contributed by atoms with Crippen LogP contribution in [0.5, 0.6) is 23.0 Å². The largest absolute Gasteiger partial charge is 0.507 e. The third-order valence-electron chi connectivity index (χ3n) is 12.2. The molecule has 0 radical (unpaired) electrons. The average molecular weight is 869 g/mol. The number of aliphatic imine (C=N–C) groups is 1. The van der Waals surface area contributed by atoms with Crippen molar-refractivity contribution in [2.45, 2.75) is 85.6 Å². The number of phenols is 3. The molecule has 334 valence electrons. The summed E-state index contributed by atoms with van der Waals surface area (Å²) < 4.78 is 23.7. The van der Waals surface area contributed by atoms with E-state index in [1.165, 1.54) is 46.4 Å². The number of fused-ring (bicyclic) bond motifs is 13. The minimum atomic E-state index is -2.02. The van der Waals surface area contributed by atoms with Gasteiger partial charge in [0.05, 0.1) is 59.4 Å². The predicted molar refractivity (Wildman–Crippen MR) is 235 cm³/mol. The number of ketones is 1. The molecule has 1 saturated heterocycles. The van der Waals surface area contributed by atoms with Crippen molar-refractivity contribution < 1.29 is 59.2 Å². The summed E-state index contributed by atoms with van der Waals surface area (Å²) >= 11 is 0. The maximum absolute atomic E-state index is 14.5. The van der Waals surface area contributed by atoms with Crippen molar-refractivity contribution in [3.8, 4) is 23.0 Å². The summed E-state index contributed by atoms with van der Waals surface area (Å²) in [6, 6.07) is 0. The van der Waals surface area contributed by atoms with Gasteiger partial charge in [-0.1, -0.05) is 55.2 Å². The third kappa shape index (κ3) is 9.74. The minimum Gasteiger partial charge on any atom is -0.507 e. The Bertz CT molecular complexity index is 2130. The molecule has 2 aromatic rings. The van der Waals surface area contributed by atoms with Crippen LogP contribution in [0.2, 0.25) is 0 Å². The van der Waals surface area contributed by atoms with Crippen LogP contribution in [0.4, 0.5) is 5.69 Å². The molecule has 0 spiro atoms. The second kappa shape index (κ2) is 19.6. The summed E-state index contributed by atoms with van der Waals surface area (Å²) in [4.78, 5) is 33.7. The molecule has 61 heavy (non-hydrogen) atoms. The standard InChI is InChI=1S/C44H61N4O12P/c1-22-11-10-12-23(2)43(61)46-34-29(21-45-48-16-14-47(15-17-48)18-19-49)38(54)31-32(39(34)55)37(53)27(6)41-33(31)42(56)44(8,60-41)58-20-13-30(57-9)24(3)40(59-28(7)50)26(5)36(52)25(4)35(22)51/h10-13,20-22,24-26,30,35-36,40,49,51-55H,14-19,61H2,1-9H3/b11-10+,20-13+,23-12-,45-21+,46-43?/t22-,24+,25+,26+,30-,35-,36+,40+,44-/m0/s1. The first-order valence-electron chi connectivity index (χ1n) is 20.5. The van der Waals surface area contributed by atoms with Gasteiger partial charge in [-0.3, -0.25) is 19.5 Å². The van der Waals surface area contributed by atoms with Crippen LogP contribution in [0.1, 0.15) is 70.0 Å². The van der Waals surface area contributed by atoms with Crippen LogP contribution in [-0.4, -0.2) is 141 Å². The fourth-order valence-corrected chi connectivity index (χ4v) is 8.43. The van der Waals surface area contributed by atoms with Gasteiger partial charge in [0, 0.05) is 88.3 Å². The van der Waals surface area contributed by atoms with E-state index < -0.39 is 82.9 Å². The summed E-state index contributed by atoms with van der Waals surface area (Å²) in [5, 5.41) is 74.2. The van der Waals surface area contributed by atoms with Crippen molar-refractivity contribution >= 4 is 49.1 Å². The molecule has 0 saturated carbocycles. The first-order chi connectivity index (χ1) is 28.8. The smallest absolute Gasteiger partial charge is 0.312 e. The van der Waals surface area contributed by atoms with E-state index in [2.05, 4.69) is 19.2 Å². The Labute approximate surface area is 359 Å². The number of carbonyl (C=O) groups is 2. The fraction of sp³-hybridized carbons (Fsp3) is 0.545. The zero-order chi connectivity index (χ0) is 45.1. The number of aromatic hydroxyl groups is 3. The number of aliphatic hydroxyl groups is 3. The van der Waals surface area contributed by atoms with Gasteiger partial charge in [-0.2, -0.15) is 5.10 Å². The molecule has 6 rings (SSSR count). The van der Waals surface area contributed by atoms with Crippen molar-refractivity contribution in [1.29, 1.82) is 0 Å². The highest BCUT2D eigenvalue weighted by Crippen LogP contribution is 2.55. The number of nitrogens with zero attached hydrogens (tertiary/aromatic N) is 4. The molecule has 10 atom stereocenters. The molecule has 5 bridgehead atoms. The number of methoxy groups -OCH3 is 1. The van der Waals surface area contributed by atoms with Crippen LogP contribution < -0.4 is 4.74 Å². The number of allylic oxidation sites excluding steroid dienone is 3. The first-order valence-corrected chi connectivity index (χ1v) is 21.1. The molecular formula is C44H61N4O12P. The number of esters is 1. The molecule has 0 amide bonds. The number of β-amino-alcohol motifs (C(OH)–C–C–N with tert-alkyl or cyclic N) is 1. The molecule has 1 fully saturated rings. The van der Waals surface area contributed by atoms with Gasteiger partial charge >= 0.3 is 11.8 Å². The number of aliphatic hydroxyl groups excluding tert-OH is 3. The molecule has 4 aliphatic heterocycles. The highest BCUT2D eigenvalue weighted by molar-refractivity contribution is 7.42. The van der Waals surface area contributed by atoms with Crippen LogP contribution in [-0.2, 0) is 19.0 Å². The molecule has 0 aliphatic carbocycles. The maximum atomic E-state index is 14.5. The van der Waals surface area contributed by atoms with E-state index >= 15 is 0 Å². The minimum absolute atomic E-state index is 0.0317. The number of hydrogen-bond acceptors (Lipinski definition) is 16. The number of Topliss-reactive ketones (excluding diaryl/α,β-unsaturated/α-hetero) is 1. The van der Waals surface area contributed by atoms with Crippen LogP contribution in [0, 0.1) is 30.6 Å². The lowest BCUT2D eigenvalue weighted by Crippen LogP contribution is -2.46. The van der Waals surface area contributed by atoms with Crippen molar-refractivity contribution in [3.05, 3.63) is 52.8 Å². The first kappa shape index (κ1) is 47.5. The van der Waals surface area contributed by atoms with Crippen molar-refractivity contribution in [2.24, 2.45) is 33.8 Å². The summed E-state index contributed by atoms with van der Waals surface area (Å²) in [6.07, 6.45) is 5.58. The SMILES string of the molecule is CO[C@H]1/C=C/O[C@@]2(C)Oc3c(C)c(O)c4c(O)c(c(/C=N/N5CCN(CCO)CC5)c(O)c4c3C2=O)N=C(P)/C(C)=C\C=C\[C@H](C)[C@H](O)[C@@H](C)[C@@H](O)[C@@H](C)[C@H](OC(C)=O)[C@@H]1C. The van der Waals surface area contributed by atoms with Gasteiger partial charge in [0.15, 0.2) is 5.75 Å². The van der Waals surface area contributed by atoms with Gasteiger partial charge in [0.2, 0.25) is 0 Å². The number of carbonyl (C=O) groups excluding carboxylic acids is 2. The summed E-state index contributed by atoms with van der Waals surface area (Å²) in [5.41, 5.74) is 0.757. The zero-order valence-corrected chi connectivity index (χ0v) is 37.5. The Morgan fingerprint density at radius 1 is 1.00 bits per heavy atom. The number of phenolic OH excluding ortho intramolecular Hbond substituents is 3. The Balaban J connectivity index is 1.72. The molecule has 1 unspecified atom stereocenters. The van der Waals surface area contributed by atoms with Crippen molar-refractivity contribution in [3.63, 3.8) is 0 Å². The Morgan fingerprint density at radius 3 is 2.30 bits per heavy atom. The van der Waals surface area contributed by atoms with E-state index in [-0.39, 0.29) is 45.5 Å². The van der Waals surface area contributed by atoms with E-state index in [9.17, 15) is 40.2 Å². The lowest BCUT2D eigenvalue weighted by atomic mass is 9.78. The number of hydrazone groups is 1. The normalized spacial score (nSPS) is 31.4. The van der Waals surface area contributed by atoms with Crippen LogP contribution in [0.3, 0.4) is 0 Å². The van der Waals surface area contributed by atoms with E-state index in [0.29, 0.717) is 43.7 Å². The topological polar surface area (TPSA) is 224 Å². The van der Waals surface area contributed by atoms with E-state index in [0.717, 1.165) is 0 Å². The third-order valence-corrected chi connectivity index (χ3v) is 12.7. The van der Waals surface area contributed by atoms with Gasteiger partial charge in [-0.25, -0.2) is 4.99 Å². The molecule has 2 aromatic carbocycles. The monoisotopic (exact) mass is 868 g/mol. The molecule has 16 nitrogen and oxygen atoms in total. The lowest BCUT2D eigenvalue weighted by molar-refractivity contribution is -0.160. The zero-order valence-electron chi connectivity index (χ0n) is 36.3. The molecule has 4 aliphatic rings. The number of ether oxygens (including phenoxy) is 4. The number of hydrogen-bond donors (Lipinski definition) is 6. The number of rotatable bonds is 6. The average Bonchev–Trinajstić information content (AvgIpc) is 3.49. The highest BCUT2D eigenvalue weighted by Gasteiger charge is 2.50. The predicted octanol–water partition coefficient (Wildman–Crippen LogP) is 4.66. The molecule has 4 heterocycles. The van der Waals surface area contributed by atoms with Gasteiger partial charge in [-0.05, 0) is 25.5 Å². The lowest BCUT2D eigenvalue weighted by Gasteiger charge is -2.38. The Hall–Kier alpha value is -4.57. The quantitative estimate of drug-likeness (QED) is 0.101. The van der Waals surface area contributed by atoms with E-state index in [1.807, 2.05) is 6.92 Å². The van der Waals surface area contributed by atoms with E-state index in [4.69, 9.17) is 23.9 Å². The van der Waals surface area contributed by atoms with Gasteiger partial charge < -0.3 is 49.6 Å². The van der Waals surface area contributed by atoms with Crippen LogP contribution in [0.25, 0.3) is 10.8 Å². The van der Waals surface area contributed by atoms with Crippen molar-refractivity contribution in [2.75, 3.05) is 46.4 Å². The number of piperazine rings is 1. The second-order valence-corrected chi connectivity index (χ2v) is 16.9. The second-order valence-electron chi connectivity index (χ2n) is 16.4. The van der Waals surface area contributed by atoms with Crippen LogP contribution >= 0.6 is 9.24 Å². The fourth-order valence-electron chi connectivity index (χ4n) is 8.21. The Kier molecular flexibility index (Phi) is 15.3. The highest BCUT2D eigenvalue weighted by atomic mass is 31.0. The maximum Gasteiger partial charge on any atom is 0.312 e. The van der Waals surface area contributed by atoms with Gasteiger partial charge in [-0.15, -0.1) is 0 Å². The summed E-state index contributed by atoms with van der Waals surface area (Å²) in [7, 11) is 3.95. The molecule has 6 N–H and O–H groups in total.